The Morgan fingerprint density at radius 2 is 1.74 bits per heavy atom. The Balaban J connectivity index is 1.81. The Labute approximate surface area is 136 Å². The molecule has 0 spiro atoms. The molecule has 2 N–H and O–H groups in total. The van der Waals surface area contributed by atoms with Crippen molar-refractivity contribution in [2.24, 2.45) is 0 Å². The number of carbonyl (C=O) groups is 2. The van der Waals surface area contributed by atoms with Crippen LogP contribution in [0.15, 0.2) is 47.4 Å². The van der Waals surface area contributed by atoms with Gasteiger partial charge in [0.05, 0.1) is 11.3 Å². The maximum absolute atomic E-state index is 13.4. The second-order valence-corrected chi connectivity index (χ2v) is 5.78. The number of benzene rings is 2. The van der Waals surface area contributed by atoms with Gasteiger partial charge in [-0.1, -0.05) is 17.7 Å². The van der Waals surface area contributed by atoms with Crippen molar-refractivity contribution >= 4 is 23.6 Å². The predicted octanol–water partition coefficient (Wildman–Crippen LogP) is 2.83. The van der Waals surface area contributed by atoms with Crippen LogP contribution in [0.4, 0.5) is 8.78 Å². The highest BCUT2D eigenvalue weighted by Crippen LogP contribution is 2.17. The molecule has 0 unspecified atom stereocenters. The van der Waals surface area contributed by atoms with Crippen LogP contribution in [-0.4, -0.2) is 17.6 Å². The molecular weight excluding hydrogens is 322 g/mol. The molecular formula is C16H14F2N2O2S. The molecule has 0 fully saturated rings. The van der Waals surface area contributed by atoms with Gasteiger partial charge in [0.2, 0.25) is 5.91 Å². The Bertz CT molecular complexity index is 721. The lowest BCUT2D eigenvalue weighted by atomic mass is 10.2. The molecule has 0 heterocycles. The number of aryl methyl sites for hydroxylation is 1. The monoisotopic (exact) mass is 336 g/mol. The fourth-order valence-electron chi connectivity index (χ4n) is 1.69. The third-order valence-electron chi connectivity index (χ3n) is 2.88. The van der Waals surface area contributed by atoms with Crippen molar-refractivity contribution in [2.45, 2.75) is 11.8 Å². The molecule has 120 valence electrons. The van der Waals surface area contributed by atoms with Gasteiger partial charge in [-0.25, -0.2) is 8.78 Å². The van der Waals surface area contributed by atoms with Crippen LogP contribution in [0.2, 0.25) is 0 Å². The zero-order valence-corrected chi connectivity index (χ0v) is 13.0. The van der Waals surface area contributed by atoms with Crippen LogP contribution in [0, 0.1) is 18.6 Å². The first kappa shape index (κ1) is 17.0. The summed E-state index contributed by atoms with van der Waals surface area (Å²) in [7, 11) is 0. The lowest BCUT2D eigenvalue weighted by Gasteiger charge is -2.08. The number of hydrogen-bond donors (Lipinski definition) is 2. The minimum Gasteiger partial charge on any atom is -0.272 e. The van der Waals surface area contributed by atoms with Gasteiger partial charge < -0.3 is 0 Å². The summed E-state index contributed by atoms with van der Waals surface area (Å²) in [6, 6.07) is 10.2. The molecule has 0 aliphatic heterocycles. The Kier molecular flexibility index (Phi) is 5.70. The van der Waals surface area contributed by atoms with E-state index in [9.17, 15) is 18.4 Å². The molecule has 0 atom stereocenters. The molecule has 0 aliphatic rings. The number of amides is 2. The standard InChI is InChI=1S/C16H14F2N2O2S/c1-10-2-5-12(6-3-10)23-9-15(21)19-20-16(22)13-7-4-11(17)8-14(13)18/h2-8H,9H2,1H3,(H,19,21)(H,20,22). The van der Waals surface area contributed by atoms with Gasteiger partial charge in [-0.15, -0.1) is 11.8 Å². The minimum absolute atomic E-state index is 0.0925. The van der Waals surface area contributed by atoms with Crippen LogP contribution in [0.1, 0.15) is 15.9 Å². The molecule has 2 rings (SSSR count). The van der Waals surface area contributed by atoms with Crippen molar-refractivity contribution in [1.82, 2.24) is 10.9 Å². The highest BCUT2D eigenvalue weighted by molar-refractivity contribution is 8.00. The fraction of sp³-hybridized carbons (Fsp3) is 0.125. The summed E-state index contributed by atoms with van der Waals surface area (Å²) in [6.45, 7) is 1.96. The quantitative estimate of drug-likeness (QED) is 0.667. The normalized spacial score (nSPS) is 10.2. The van der Waals surface area contributed by atoms with Gasteiger partial charge in [0.1, 0.15) is 11.6 Å². The molecule has 0 aliphatic carbocycles. The number of hydrazine groups is 1. The van der Waals surface area contributed by atoms with Crippen LogP contribution in [0.25, 0.3) is 0 Å². The summed E-state index contributed by atoms with van der Waals surface area (Å²) >= 11 is 1.30. The average Bonchev–Trinajstić information content (AvgIpc) is 2.52. The van der Waals surface area contributed by atoms with E-state index in [0.29, 0.717) is 6.07 Å². The van der Waals surface area contributed by atoms with Gasteiger partial charge in [0.15, 0.2) is 0 Å². The molecule has 4 nitrogen and oxygen atoms in total. The number of carbonyl (C=O) groups excluding carboxylic acids is 2. The molecule has 23 heavy (non-hydrogen) atoms. The molecule has 2 amide bonds. The van der Waals surface area contributed by atoms with E-state index in [4.69, 9.17) is 0 Å². The van der Waals surface area contributed by atoms with Gasteiger partial charge in [-0.2, -0.15) is 0 Å². The number of halogens is 2. The number of hydrogen-bond acceptors (Lipinski definition) is 3. The second kappa shape index (κ2) is 7.73. The topological polar surface area (TPSA) is 58.2 Å². The third kappa shape index (κ3) is 5.07. The largest absolute Gasteiger partial charge is 0.272 e. The number of rotatable bonds is 4. The minimum atomic E-state index is -0.995. The van der Waals surface area contributed by atoms with E-state index < -0.39 is 23.4 Å². The smallest absolute Gasteiger partial charge is 0.272 e. The van der Waals surface area contributed by atoms with Crippen LogP contribution in [0.3, 0.4) is 0 Å². The van der Waals surface area contributed by atoms with E-state index in [1.165, 1.54) is 11.8 Å². The van der Waals surface area contributed by atoms with Gasteiger partial charge in [-0.05, 0) is 31.2 Å². The highest BCUT2D eigenvalue weighted by Gasteiger charge is 2.13. The van der Waals surface area contributed by atoms with Gasteiger partial charge >= 0.3 is 0 Å². The van der Waals surface area contributed by atoms with E-state index >= 15 is 0 Å². The van der Waals surface area contributed by atoms with E-state index in [0.717, 1.165) is 22.6 Å². The molecule has 0 saturated heterocycles. The maximum atomic E-state index is 13.4. The molecule has 0 saturated carbocycles. The molecule has 0 aromatic heterocycles. The summed E-state index contributed by atoms with van der Waals surface area (Å²) in [6.07, 6.45) is 0. The summed E-state index contributed by atoms with van der Waals surface area (Å²) in [5, 5.41) is 0. The van der Waals surface area contributed by atoms with Crippen molar-refractivity contribution in [3.8, 4) is 0 Å². The van der Waals surface area contributed by atoms with Crippen molar-refractivity contribution < 1.29 is 18.4 Å². The van der Waals surface area contributed by atoms with Gasteiger partial charge in [-0.3, -0.25) is 20.4 Å². The zero-order valence-electron chi connectivity index (χ0n) is 12.2. The number of nitrogens with one attached hydrogen (secondary N) is 2. The maximum Gasteiger partial charge on any atom is 0.272 e. The van der Waals surface area contributed by atoms with Crippen molar-refractivity contribution in [1.29, 1.82) is 0 Å². The van der Waals surface area contributed by atoms with Crippen molar-refractivity contribution in [2.75, 3.05) is 5.75 Å². The Hall–Kier alpha value is -2.41. The van der Waals surface area contributed by atoms with E-state index in [-0.39, 0.29) is 11.3 Å². The van der Waals surface area contributed by atoms with Crippen LogP contribution < -0.4 is 10.9 Å². The SMILES string of the molecule is Cc1ccc(SCC(=O)NNC(=O)c2ccc(F)cc2F)cc1. The van der Waals surface area contributed by atoms with Crippen molar-refractivity contribution in [3.05, 3.63) is 65.2 Å². The van der Waals surface area contributed by atoms with E-state index in [1.54, 1.807) is 0 Å². The fourth-order valence-corrected chi connectivity index (χ4v) is 2.39. The second-order valence-electron chi connectivity index (χ2n) is 4.73. The third-order valence-corrected chi connectivity index (χ3v) is 3.89. The lowest BCUT2D eigenvalue weighted by Crippen LogP contribution is -2.42. The summed E-state index contributed by atoms with van der Waals surface area (Å²) in [5.74, 6) is -2.97. The first-order chi connectivity index (χ1) is 11.0. The lowest BCUT2D eigenvalue weighted by molar-refractivity contribution is -0.119. The summed E-state index contributed by atoms with van der Waals surface area (Å²) in [4.78, 5) is 24.3. The van der Waals surface area contributed by atoms with Crippen LogP contribution in [-0.2, 0) is 4.79 Å². The number of thioether (sulfide) groups is 1. The molecule has 7 heteroatoms. The summed E-state index contributed by atoms with van der Waals surface area (Å²) < 4.78 is 26.2. The summed E-state index contributed by atoms with van der Waals surface area (Å²) in [5.41, 5.74) is 5.04. The predicted molar refractivity (Wildman–Crippen MR) is 83.9 cm³/mol. The first-order valence-electron chi connectivity index (χ1n) is 6.69. The van der Waals surface area contributed by atoms with E-state index in [1.807, 2.05) is 31.2 Å². The first-order valence-corrected chi connectivity index (χ1v) is 7.68. The Morgan fingerprint density at radius 1 is 1.04 bits per heavy atom. The average molecular weight is 336 g/mol. The zero-order chi connectivity index (χ0) is 16.8. The molecule has 0 radical (unpaired) electrons. The van der Waals surface area contributed by atoms with Gasteiger partial charge in [0.25, 0.3) is 5.91 Å². The van der Waals surface area contributed by atoms with Crippen LogP contribution in [0.5, 0.6) is 0 Å². The highest BCUT2D eigenvalue weighted by atomic mass is 32.2. The van der Waals surface area contributed by atoms with Crippen LogP contribution >= 0.6 is 11.8 Å². The molecule has 2 aromatic rings. The van der Waals surface area contributed by atoms with Crippen molar-refractivity contribution in [3.63, 3.8) is 0 Å². The van der Waals surface area contributed by atoms with Gasteiger partial charge in [0, 0.05) is 11.0 Å². The van der Waals surface area contributed by atoms with E-state index in [2.05, 4.69) is 10.9 Å². The molecule has 2 aromatic carbocycles. The Morgan fingerprint density at radius 3 is 2.39 bits per heavy atom. The molecule has 0 bridgehead atoms.